The molecule has 28 heavy (non-hydrogen) atoms. The van der Waals surface area contributed by atoms with Crippen molar-refractivity contribution in [1.82, 2.24) is 4.90 Å². The molecule has 1 heterocycles. The molecular weight excluding hydrogens is 358 g/mol. The molecule has 0 aromatic heterocycles. The van der Waals surface area contributed by atoms with Crippen LogP contribution in [0.5, 0.6) is 5.75 Å². The summed E-state index contributed by atoms with van der Waals surface area (Å²) in [6, 6.07) is 15.3. The second kappa shape index (κ2) is 8.71. The monoisotopic (exact) mass is 381 g/mol. The lowest BCUT2D eigenvalue weighted by Crippen LogP contribution is -2.31. The van der Waals surface area contributed by atoms with E-state index in [1.54, 1.807) is 56.7 Å². The number of ketones is 1. The maximum atomic E-state index is 12.8. The number of methoxy groups -OCH3 is 2. The predicted molar refractivity (Wildman–Crippen MR) is 105 cm³/mol. The number of rotatable bonds is 7. The number of aliphatic hydroxyl groups is 1. The van der Waals surface area contributed by atoms with Crippen molar-refractivity contribution in [2.75, 3.05) is 27.4 Å². The summed E-state index contributed by atoms with van der Waals surface area (Å²) in [7, 11) is 3.14. The summed E-state index contributed by atoms with van der Waals surface area (Å²) >= 11 is 0. The highest BCUT2D eigenvalue weighted by Crippen LogP contribution is 2.40. The van der Waals surface area contributed by atoms with Crippen molar-refractivity contribution in [1.29, 1.82) is 0 Å². The lowest BCUT2D eigenvalue weighted by Gasteiger charge is -2.25. The van der Waals surface area contributed by atoms with Crippen LogP contribution >= 0.6 is 0 Å². The quantitative estimate of drug-likeness (QED) is 0.345. The number of nitrogens with zero attached hydrogens (tertiary/aromatic N) is 1. The van der Waals surface area contributed by atoms with Crippen LogP contribution in [0.3, 0.4) is 0 Å². The molecule has 1 amide bonds. The van der Waals surface area contributed by atoms with Gasteiger partial charge < -0.3 is 19.5 Å². The van der Waals surface area contributed by atoms with Crippen LogP contribution in [0.1, 0.15) is 23.6 Å². The highest BCUT2D eigenvalue weighted by atomic mass is 16.5. The fraction of sp³-hybridized carbons (Fsp3) is 0.273. The van der Waals surface area contributed by atoms with Gasteiger partial charge in [0.15, 0.2) is 0 Å². The molecule has 2 aromatic carbocycles. The van der Waals surface area contributed by atoms with Crippen molar-refractivity contribution >= 4 is 17.4 Å². The SMILES string of the molecule is COCCCN1C(=O)C(=O)/C(=C(/O)c2ccccc2)[C@H]1c1cccc(OC)c1. The Balaban J connectivity index is 2.12. The van der Waals surface area contributed by atoms with Gasteiger partial charge in [-0.1, -0.05) is 42.5 Å². The van der Waals surface area contributed by atoms with Crippen LogP contribution < -0.4 is 4.74 Å². The van der Waals surface area contributed by atoms with Crippen LogP contribution in [0.4, 0.5) is 0 Å². The van der Waals surface area contributed by atoms with E-state index >= 15 is 0 Å². The molecular formula is C22H23NO5. The first-order chi connectivity index (χ1) is 13.6. The number of likely N-dealkylation sites (tertiary alicyclic amines) is 1. The number of carbonyl (C=O) groups is 2. The molecule has 0 saturated carbocycles. The minimum absolute atomic E-state index is 0.0851. The van der Waals surface area contributed by atoms with Crippen molar-refractivity contribution in [3.8, 4) is 5.75 Å². The van der Waals surface area contributed by atoms with Crippen molar-refractivity contribution < 1.29 is 24.2 Å². The number of amides is 1. The zero-order chi connectivity index (χ0) is 20.1. The number of ether oxygens (including phenoxy) is 2. The van der Waals surface area contributed by atoms with Crippen molar-refractivity contribution in [3.63, 3.8) is 0 Å². The molecule has 146 valence electrons. The van der Waals surface area contributed by atoms with Gasteiger partial charge in [0, 0.05) is 25.8 Å². The molecule has 6 nitrogen and oxygen atoms in total. The topological polar surface area (TPSA) is 76.1 Å². The Morgan fingerprint density at radius 1 is 1.07 bits per heavy atom. The molecule has 3 rings (SSSR count). The highest BCUT2D eigenvalue weighted by Gasteiger charge is 2.45. The van der Waals surface area contributed by atoms with Crippen LogP contribution in [0.25, 0.3) is 5.76 Å². The fourth-order valence-electron chi connectivity index (χ4n) is 3.40. The van der Waals surface area contributed by atoms with Gasteiger partial charge in [0.1, 0.15) is 11.5 Å². The molecule has 1 saturated heterocycles. The van der Waals surface area contributed by atoms with Gasteiger partial charge in [-0.2, -0.15) is 0 Å². The predicted octanol–water partition coefficient (Wildman–Crippen LogP) is 3.15. The second-order valence-corrected chi connectivity index (χ2v) is 6.48. The van der Waals surface area contributed by atoms with Crippen LogP contribution in [-0.4, -0.2) is 49.1 Å². The molecule has 0 radical (unpaired) electrons. The number of benzene rings is 2. The first-order valence-corrected chi connectivity index (χ1v) is 9.05. The maximum Gasteiger partial charge on any atom is 0.295 e. The van der Waals surface area contributed by atoms with Crippen LogP contribution in [-0.2, 0) is 14.3 Å². The Morgan fingerprint density at radius 2 is 1.82 bits per heavy atom. The summed E-state index contributed by atoms with van der Waals surface area (Å²) in [6.07, 6.45) is 0.579. The van der Waals surface area contributed by atoms with E-state index in [9.17, 15) is 14.7 Å². The molecule has 6 heteroatoms. The summed E-state index contributed by atoms with van der Waals surface area (Å²) in [5.74, 6) is -0.881. The number of hydrogen-bond acceptors (Lipinski definition) is 5. The molecule has 0 unspecified atom stereocenters. The number of Topliss-reactive ketones (excluding diaryl/α,β-unsaturated/α-hetero) is 1. The second-order valence-electron chi connectivity index (χ2n) is 6.48. The van der Waals surface area contributed by atoms with Crippen molar-refractivity contribution in [2.45, 2.75) is 12.5 Å². The van der Waals surface area contributed by atoms with Gasteiger partial charge in [0.25, 0.3) is 11.7 Å². The lowest BCUT2D eigenvalue weighted by atomic mass is 9.95. The summed E-state index contributed by atoms with van der Waals surface area (Å²) < 4.78 is 10.4. The van der Waals surface area contributed by atoms with Gasteiger partial charge in [0.2, 0.25) is 0 Å². The lowest BCUT2D eigenvalue weighted by molar-refractivity contribution is -0.140. The highest BCUT2D eigenvalue weighted by molar-refractivity contribution is 6.46. The molecule has 1 N–H and O–H groups in total. The van der Waals surface area contributed by atoms with Gasteiger partial charge in [-0.15, -0.1) is 0 Å². The van der Waals surface area contributed by atoms with Crippen LogP contribution in [0.15, 0.2) is 60.2 Å². The molecule has 1 aliphatic heterocycles. The van der Waals surface area contributed by atoms with Gasteiger partial charge in [-0.25, -0.2) is 0 Å². The van der Waals surface area contributed by atoms with Crippen molar-refractivity contribution in [3.05, 3.63) is 71.3 Å². The van der Waals surface area contributed by atoms with Gasteiger partial charge in [0.05, 0.1) is 18.7 Å². The average Bonchev–Trinajstić information content (AvgIpc) is 2.99. The molecule has 0 aliphatic carbocycles. The van der Waals surface area contributed by atoms with Crippen LogP contribution in [0.2, 0.25) is 0 Å². The summed E-state index contributed by atoms with van der Waals surface area (Å²) in [4.78, 5) is 27.1. The Kier molecular flexibility index (Phi) is 6.11. The van der Waals surface area contributed by atoms with Gasteiger partial charge in [-0.3, -0.25) is 9.59 Å². The Bertz CT molecular complexity index is 891. The first kappa shape index (κ1) is 19.6. The summed E-state index contributed by atoms with van der Waals surface area (Å²) in [6.45, 7) is 0.804. The Labute approximate surface area is 164 Å². The van der Waals surface area contributed by atoms with E-state index in [4.69, 9.17) is 9.47 Å². The molecule has 1 atom stereocenters. The molecule has 0 spiro atoms. The maximum absolute atomic E-state index is 12.8. The number of hydrogen-bond donors (Lipinski definition) is 1. The van der Waals surface area contributed by atoms with E-state index < -0.39 is 17.7 Å². The van der Waals surface area contributed by atoms with E-state index in [1.165, 1.54) is 4.90 Å². The normalized spacial score (nSPS) is 18.5. The zero-order valence-corrected chi connectivity index (χ0v) is 15.9. The van der Waals surface area contributed by atoms with E-state index in [2.05, 4.69) is 0 Å². The van der Waals surface area contributed by atoms with Gasteiger partial charge in [-0.05, 0) is 24.1 Å². The Hall–Kier alpha value is -3.12. The fourth-order valence-corrected chi connectivity index (χ4v) is 3.40. The standard InChI is InChI=1S/C22H23NO5/c1-27-13-7-12-23-19(16-10-6-11-17(14-16)28-2)18(21(25)22(23)26)20(24)15-8-4-3-5-9-15/h3-6,8-11,14,19,24H,7,12-13H2,1-2H3/b20-18+/t19-/m1/s1. The van der Waals surface area contributed by atoms with Gasteiger partial charge >= 0.3 is 0 Å². The number of carbonyl (C=O) groups excluding carboxylic acids is 2. The number of aliphatic hydroxyl groups excluding tert-OH is 1. The largest absolute Gasteiger partial charge is 0.507 e. The molecule has 2 aromatic rings. The minimum atomic E-state index is -0.688. The molecule has 1 aliphatic rings. The van der Waals surface area contributed by atoms with Crippen molar-refractivity contribution in [2.24, 2.45) is 0 Å². The Morgan fingerprint density at radius 3 is 2.50 bits per heavy atom. The summed E-state index contributed by atoms with van der Waals surface area (Å²) in [5, 5.41) is 10.9. The van der Waals surface area contributed by atoms with E-state index in [0.717, 1.165) is 0 Å². The zero-order valence-electron chi connectivity index (χ0n) is 15.9. The smallest absolute Gasteiger partial charge is 0.295 e. The third-order valence-corrected chi connectivity index (χ3v) is 4.74. The third-order valence-electron chi connectivity index (χ3n) is 4.74. The molecule has 0 bridgehead atoms. The van der Waals surface area contributed by atoms with E-state index in [0.29, 0.717) is 36.4 Å². The van der Waals surface area contributed by atoms with E-state index in [1.807, 2.05) is 12.1 Å². The molecule has 1 fully saturated rings. The first-order valence-electron chi connectivity index (χ1n) is 9.05. The minimum Gasteiger partial charge on any atom is -0.507 e. The van der Waals surface area contributed by atoms with Crippen LogP contribution in [0, 0.1) is 0 Å². The van der Waals surface area contributed by atoms with E-state index in [-0.39, 0.29) is 11.3 Å². The summed E-state index contributed by atoms with van der Waals surface area (Å²) in [5.41, 5.74) is 1.28. The average molecular weight is 381 g/mol. The third kappa shape index (κ3) is 3.77.